The number of hydrogen-bond acceptors (Lipinski definition) is 4. The predicted octanol–water partition coefficient (Wildman–Crippen LogP) is 2.18. The van der Waals surface area contributed by atoms with Crippen LogP contribution >= 0.6 is 0 Å². The molecular weight excluding hydrogens is 254 g/mol. The van der Waals surface area contributed by atoms with Crippen molar-refractivity contribution < 1.29 is 9.21 Å². The fourth-order valence-electron chi connectivity index (χ4n) is 2.01. The quantitative estimate of drug-likeness (QED) is 0.875. The average molecular weight is 273 g/mol. The topological polar surface area (TPSA) is 81.2 Å². The van der Waals surface area contributed by atoms with Crippen LogP contribution < -0.4 is 11.1 Å². The molecule has 0 fully saturated rings. The number of aromatic nitrogens is 1. The van der Waals surface area contributed by atoms with Crippen LogP contribution in [-0.2, 0) is 12.8 Å². The Balaban J connectivity index is 2.02. The van der Waals surface area contributed by atoms with E-state index >= 15 is 0 Å². The molecule has 5 nitrogen and oxygen atoms in total. The first-order valence-electron chi connectivity index (χ1n) is 6.68. The Bertz CT molecular complexity index is 579. The summed E-state index contributed by atoms with van der Waals surface area (Å²) in [5, 5.41) is 2.93. The second-order valence-corrected chi connectivity index (χ2v) is 4.78. The SMILES string of the molecule is CCc1cc(C(=O)NC(C)Cc2ccco2)cc(N)n1. The van der Waals surface area contributed by atoms with Crippen molar-refractivity contribution >= 4 is 11.7 Å². The van der Waals surface area contributed by atoms with E-state index in [0.29, 0.717) is 17.8 Å². The van der Waals surface area contributed by atoms with Crippen LogP contribution in [0.5, 0.6) is 0 Å². The normalized spacial score (nSPS) is 12.1. The van der Waals surface area contributed by atoms with Gasteiger partial charge in [-0.05, 0) is 37.6 Å². The lowest BCUT2D eigenvalue weighted by Gasteiger charge is -2.13. The van der Waals surface area contributed by atoms with Gasteiger partial charge in [0.25, 0.3) is 5.91 Å². The number of nitrogens with two attached hydrogens (primary N) is 1. The van der Waals surface area contributed by atoms with Crippen LogP contribution in [-0.4, -0.2) is 16.9 Å². The van der Waals surface area contributed by atoms with E-state index in [1.54, 1.807) is 18.4 Å². The molecule has 2 heterocycles. The van der Waals surface area contributed by atoms with Crippen molar-refractivity contribution in [1.29, 1.82) is 0 Å². The summed E-state index contributed by atoms with van der Waals surface area (Å²) in [6, 6.07) is 7.07. The van der Waals surface area contributed by atoms with E-state index in [4.69, 9.17) is 10.2 Å². The molecule has 106 valence electrons. The van der Waals surface area contributed by atoms with Crippen LogP contribution in [0.3, 0.4) is 0 Å². The summed E-state index contributed by atoms with van der Waals surface area (Å²) < 4.78 is 5.27. The first-order chi connectivity index (χ1) is 9.58. The van der Waals surface area contributed by atoms with Gasteiger partial charge in [0.05, 0.1) is 6.26 Å². The summed E-state index contributed by atoms with van der Waals surface area (Å²) in [7, 11) is 0. The van der Waals surface area contributed by atoms with Gasteiger partial charge >= 0.3 is 0 Å². The van der Waals surface area contributed by atoms with Crippen LogP contribution in [0, 0.1) is 0 Å². The Kier molecular flexibility index (Phi) is 4.40. The monoisotopic (exact) mass is 273 g/mol. The summed E-state index contributed by atoms with van der Waals surface area (Å²) in [6.07, 6.45) is 3.02. The van der Waals surface area contributed by atoms with Gasteiger partial charge in [-0.2, -0.15) is 0 Å². The summed E-state index contributed by atoms with van der Waals surface area (Å²) in [5.74, 6) is 1.07. The first kappa shape index (κ1) is 14.1. The maximum atomic E-state index is 12.2. The van der Waals surface area contributed by atoms with E-state index < -0.39 is 0 Å². The van der Waals surface area contributed by atoms with Crippen molar-refractivity contribution in [3.05, 3.63) is 47.5 Å². The third kappa shape index (κ3) is 3.60. The van der Waals surface area contributed by atoms with E-state index in [-0.39, 0.29) is 11.9 Å². The third-order valence-electron chi connectivity index (χ3n) is 2.99. The van der Waals surface area contributed by atoms with Gasteiger partial charge < -0.3 is 15.5 Å². The van der Waals surface area contributed by atoms with Gasteiger partial charge in [0, 0.05) is 23.7 Å². The smallest absolute Gasteiger partial charge is 0.251 e. The highest BCUT2D eigenvalue weighted by molar-refractivity contribution is 5.95. The molecular formula is C15H19N3O2. The number of nitrogen functional groups attached to an aromatic ring is 1. The van der Waals surface area contributed by atoms with Gasteiger partial charge in [0.15, 0.2) is 0 Å². The second kappa shape index (κ2) is 6.23. The van der Waals surface area contributed by atoms with Gasteiger partial charge in [-0.3, -0.25) is 4.79 Å². The molecule has 0 spiro atoms. The maximum absolute atomic E-state index is 12.2. The zero-order valence-corrected chi connectivity index (χ0v) is 11.7. The highest BCUT2D eigenvalue weighted by Crippen LogP contribution is 2.10. The standard InChI is InChI=1S/C15H19N3O2/c1-3-12-8-11(9-14(16)18-12)15(19)17-10(2)7-13-5-4-6-20-13/h4-6,8-10H,3,7H2,1-2H3,(H2,16,18)(H,17,19). The molecule has 2 aromatic rings. The van der Waals surface area contributed by atoms with Crippen molar-refractivity contribution in [2.24, 2.45) is 0 Å². The van der Waals surface area contributed by atoms with E-state index in [2.05, 4.69) is 10.3 Å². The van der Waals surface area contributed by atoms with Crippen molar-refractivity contribution in [3.63, 3.8) is 0 Å². The number of nitrogens with one attached hydrogen (secondary N) is 1. The molecule has 20 heavy (non-hydrogen) atoms. The van der Waals surface area contributed by atoms with Gasteiger partial charge in [-0.25, -0.2) is 4.98 Å². The average Bonchev–Trinajstić information content (AvgIpc) is 2.90. The second-order valence-electron chi connectivity index (χ2n) is 4.78. The lowest BCUT2D eigenvalue weighted by Crippen LogP contribution is -2.34. The van der Waals surface area contributed by atoms with E-state index in [9.17, 15) is 4.79 Å². The molecule has 5 heteroatoms. The number of rotatable bonds is 5. The zero-order chi connectivity index (χ0) is 14.5. The van der Waals surface area contributed by atoms with E-state index in [1.807, 2.05) is 26.0 Å². The molecule has 0 radical (unpaired) electrons. The molecule has 0 saturated heterocycles. The number of pyridine rings is 1. The number of amides is 1. The third-order valence-corrected chi connectivity index (χ3v) is 2.99. The number of carbonyl (C=O) groups is 1. The molecule has 2 aromatic heterocycles. The largest absolute Gasteiger partial charge is 0.469 e. The molecule has 0 aliphatic carbocycles. The lowest BCUT2D eigenvalue weighted by atomic mass is 10.1. The Hall–Kier alpha value is -2.30. The molecule has 0 aromatic carbocycles. The molecule has 2 rings (SSSR count). The minimum atomic E-state index is -0.146. The van der Waals surface area contributed by atoms with E-state index in [0.717, 1.165) is 17.9 Å². The van der Waals surface area contributed by atoms with Gasteiger partial charge in [-0.15, -0.1) is 0 Å². The van der Waals surface area contributed by atoms with Gasteiger partial charge in [0.1, 0.15) is 11.6 Å². The van der Waals surface area contributed by atoms with Crippen molar-refractivity contribution in [2.75, 3.05) is 5.73 Å². The van der Waals surface area contributed by atoms with Crippen LogP contribution in [0.4, 0.5) is 5.82 Å². The Morgan fingerprint density at radius 2 is 2.30 bits per heavy atom. The highest BCUT2D eigenvalue weighted by atomic mass is 16.3. The van der Waals surface area contributed by atoms with Crippen molar-refractivity contribution in [2.45, 2.75) is 32.7 Å². The minimum absolute atomic E-state index is 0.0203. The summed E-state index contributed by atoms with van der Waals surface area (Å²) in [6.45, 7) is 3.91. The number of nitrogens with zero attached hydrogens (tertiary/aromatic N) is 1. The number of carbonyl (C=O) groups excluding carboxylic acids is 1. The molecule has 0 saturated carbocycles. The molecule has 0 aliphatic heterocycles. The first-order valence-corrected chi connectivity index (χ1v) is 6.68. The van der Waals surface area contributed by atoms with Gasteiger partial charge in [0.2, 0.25) is 0 Å². The Morgan fingerprint density at radius 3 is 2.95 bits per heavy atom. The van der Waals surface area contributed by atoms with Crippen LogP contribution in [0.2, 0.25) is 0 Å². The zero-order valence-electron chi connectivity index (χ0n) is 11.7. The van der Waals surface area contributed by atoms with Crippen LogP contribution in [0.25, 0.3) is 0 Å². The fraction of sp³-hybridized carbons (Fsp3) is 0.333. The van der Waals surface area contributed by atoms with Crippen molar-refractivity contribution in [1.82, 2.24) is 10.3 Å². The van der Waals surface area contributed by atoms with Crippen molar-refractivity contribution in [3.8, 4) is 0 Å². The van der Waals surface area contributed by atoms with Gasteiger partial charge in [-0.1, -0.05) is 6.92 Å². The highest BCUT2D eigenvalue weighted by Gasteiger charge is 2.13. The summed E-state index contributed by atoms with van der Waals surface area (Å²) in [5.41, 5.74) is 7.06. The van der Waals surface area contributed by atoms with Crippen LogP contribution in [0.1, 0.15) is 35.7 Å². The Labute approximate surface area is 118 Å². The number of aryl methyl sites for hydroxylation is 1. The Morgan fingerprint density at radius 1 is 1.50 bits per heavy atom. The summed E-state index contributed by atoms with van der Waals surface area (Å²) in [4.78, 5) is 16.3. The minimum Gasteiger partial charge on any atom is -0.469 e. The molecule has 1 amide bonds. The summed E-state index contributed by atoms with van der Waals surface area (Å²) >= 11 is 0. The molecule has 1 unspecified atom stereocenters. The number of furan rings is 1. The molecule has 0 aliphatic rings. The lowest BCUT2D eigenvalue weighted by molar-refractivity contribution is 0.0939. The number of anilines is 1. The van der Waals surface area contributed by atoms with Crippen LogP contribution in [0.15, 0.2) is 34.9 Å². The number of hydrogen-bond donors (Lipinski definition) is 2. The maximum Gasteiger partial charge on any atom is 0.251 e. The predicted molar refractivity (Wildman–Crippen MR) is 77.4 cm³/mol. The fourth-order valence-corrected chi connectivity index (χ4v) is 2.01. The molecule has 1 atom stereocenters. The van der Waals surface area contributed by atoms with E-state index in [1.165, 1.54) is 0 Å². The molecule has 3 N–H and O–H groups in total. The molecule has 0 bridgehead atoms.